The van der Waals surface area contributed by atoms with Gasteiger partial charge in [-0.3, -0.25) is 0 Å². The van der Waals surface area contributed by atoms with Gasteiger partial charge in [0.05, 0.1) is 28.6 Å². The average Bonchev–Trinajstić information content (AvgIpc) is 3.02. The van der Waals surface area contributed by atoms with Gasteiger partial charge in [0, 0.05) is 24.2 Å². The van der Waals surface area contributed by atoms with Crippen molar-refractivity contribution in [1.82, 2.24) is 9.80 Å². The fraction of sp³-hybridized carbons (Fsp3) is 0.350. The fourth-order valence-electron chi connectivity index (χ4n) is 6.35. The summed E-state index contributed by atoms with van der Waals surface area (Å²) < 4.78 is 42.3. The number of para-hydroxylation sites is 1. The normalized spacial score (nSPS) is 14.8. The number of aryl methyl sites for hydroxylation is 3. The molecule has 0 radical (unpaired) electrons. The molecule has 0 atom stereocenters. The molecule has 48 heavy (non-hydrogen) atoms. The van der Waals surface area contributed by atoms with Gasteiger partial charge >= 0.3 is 6.18 Å². The Morgan fingerprint density at radius 2 is 1.25 bits per heavy atom. The highest BCUT2D eigenvalue weighted by molar-refractivity contribution is 6.33. The number of halogens is 4. The van der Waals surface area contributed by atoms with Crippen LogP contribution in [0.5, 0.6) is 0 Å². The summed E-state index contributed by atoms with van der Waals surface area (Å²) >= 11 is 6.74. The third-order valence-electron chi connectivity index (χ3n) is 8.67. The molecule has 0 aromatic heterocycles. The maximum Gasteiger partial charge on any atom is 0.416 e. The SMILES string of the molecule is Cc1cc(C(=Nc2c(C)cc(C)cc2Cl)N2CCCN(C(=Nc3c(C(C)C)cccc3C(C)C)c3ccccc3)C2)cc(C(F)(F)F)c1. The Morgan fingerprint density at radius 1 is 0.688 bits per heavy atom. The molecule has 252 valence electrons. The van der Waals surface area contributed by atoms with Crippen LogP contribution in [0.25, 0.3) is 0 Å². The summed E-state index contributed by atoms with van der Waals surface area (Å²) in [6.45, 7) is 16.0. The maximum atomic E-state index is 14.1. The van der Waals surface area contributed by atoms with Gasteiger partial charge in [0.15, 0.2) is 0 Å². The second-order valence-electron chi connectivity index (χ2n) is 13.4. The van der Waals surface area contributed by atoms with E-state index in [2.05, 4.69) is 67.8 Å². The fourth-order valence-corrected chi connectivity index (χ4v) is 6.71. The van der Waals surface area contributed by atoms with E-state index in [9.17, 15) is 13.2 Å². The topological polar surface area (TPSA) is 31.2 Å². The lowest BCUT2D eigenvalue weighted by molar-refractivity contribution is -0.137. The van der Waals surface area contributed by atoms with Crippen molar-refractivity contribution in [3.8, 4) is 0 Å². The zero-order valence-electron chi connectivity index (χ0n) is 28.8. The van der Waals surface area contributed by atoms with Crippen LogP contribution < -0.4 is 0 Å². The number of alkyl halides is 3. The number of hydrogen-bond acceptors (Lipinski definition) is 2. The quantitative estimate of drug-likeness (QED) is 0.151. The van der Waals surface area contributed by atoms with E-state index >= 15 is 0 Å². The highest BCUT2D eigenvalue weighted by atomic mass is 35.5. The van der Waals surface area contributed by atoms with Gasteiger partial charge in [-0.25, -0.2) is 9.98 Å². The van der Waals surface area contributed by atoms with Crippen molar-refractivity contribution in [2.75, 3.05) is 19.8 Å². The molecular weight excluding hydrogens is 629 g/mol. The van der Waals surface area contributed by atoms with E-state index in [1.807, 2.05) is 44.2 Å². The van der Waals surface area contributed by atoms with Gasteiger partial charge in [-0.05, 0) is 91.1 Å². The standard InChI is InChI=1S/C40H44ClF3N4/c1-25(2)33-15-11-16-34(26(3)4)37(33)46-38(30-13-9-8-10-14-30)47-17-12-18-48(24-47)39(45-36-29(7)19-27(5)22-35(36)41)31-20-28(6)21-32(23-31)40(42,43)44/h8-11,13-16,19-23,25-26H,12,17-18,24H2,1-7H3. The minimum Gasteiger partial charge on any atom is -0.338 e. The van der Waals surface area contributed by atoms with Crippen LogP contribution in [0.3, 0.4) is 0 Å². The first-order valence-electron chi connectivity index (χ1n) is 16.5. The largest absolute Gasteiger partial charge is 0.416 e. The van der Waals surface area contributed by atoms with Crippen molar-refractivity contribution in [2.24, 2.45) is 9.98 Å². The molecule has 1 fully saturated rings. The number of amidine groups is 2. The molecule has 0 amide bonds. The second kappa shape index (κ2) is 14.6. The molecule has 1 aliphatic rings. The first-order valence-corrected chi connectivity index (χ1v) is 16.9. The molecule has 4 aromatic carbocycles. The van der Waals surface area contributed by atoms with Crippen molar-refractivity contribution in [2.45, 2.75) is 72.9 Å². The van der Waals surface area contributed by atoms with E-state index in [-0.39, 0.29) is 11.8 Å². The van der Waals surface area contributed by atoms with Gasteiger partial charge in [-0.2, -0.15) is 13.2 Å². The molecule has 1 aliphatic heterocycles. The zero-order chi connectivity index (χ0) is 34.7. The molecule has 1 saturated heterocycles. The third-order valence-corrected chi connectivity index (χ3v) is 8.96. The summed E-state index contributed by atoms with van der Waals surface area (Å²) in [7, 11) is 0. The van der Waals surface area contributed by atoms with E-state index in [1.165, 1.54) is 23.3 Å². The number of benzene rings is 4. The van der Waals surface area contributed by atoms with Crippen LogP contribution in [-0.2, 0) is 6.18 Å². The molecule has 0 unspecified atom stereocenters. The minimum atomic E-state index is -4.50. The van der Waals surface area contributed by atoms with Crippen LogP contribution in [0, 0.1) is 20.8 Å². The van der Waals surface area contributed by atoms with Crippen LogP contribution in [0.15, 0.2) is 88.8 Å². The van der Waals surface area contributed by atoms with Crippen LogP contribution >= 0.6 is 11.6 Å². The van der Waals surface area contributed by atoms with Gasteiger partial charge in [-0.1, -0.05) is 93.9 Å². The number of nitrogens with zero attached hydrogens (tertiary/aromatic N) is 4. The van der Waals surface area contributed by atoms with Gasteiger partial charge in [0.1, 0.15) is 11.7 Å². The predicted octanol–water partition coefficient (Wildman–Crippen LogP) is 11.4. The van der Waals surface area contributed by atoms with Gasteiger partial charge in [-0.15, -0.1) is 0 Å². The van der Waals surface area contributed by atoms with E-state index in [1.54, 1.807) is 13.0 Å². The van der Waals surface area contributed by atoms with Crippen LogP contribution in [0.1, 0.15) is 90.5 Å². The molecular formula is C40H44ClF3N4. The smallest absolute Gasteiger partial charge is 0.338 e. The molecule has 5 rings (SSSR count). The predicted molar refractivity (Wildman–Crippen MR) is 193 cm³/mol. The number of hydrogen-bond donors (Lipinski definition) is 0. The Bertz CT molecular complexity index is 1780. The van der Waals surface area contributed by atoms with Crippen molar-refractivity contribution in [1.29, 1.82) is 0 Å². The average molecular weight is 673 g/mol. The summed E-state index contributed by atoms with van der Waals surface area (Å²) in [5, 5.41) is 0.459. The monoisotopic (exact) mass is 672 g/mol. The molecule has 0 N–H and O–H groups in total. The van der Waals surface area contributed by atoms with Crippen molar-refractivity contribution in [3.05, 3.63) is 128 Å². The molecule has 0 saturated carbocycles. The highest BCUT2D eigenvalue weighted by Crippen LogP contribution is 2.37. The maximum absolute atomic E-state index is 14.1. The lowest BCUT2D eigenvalue weighted by atomic mass is 9.93. The summed E-state index contributed by atoms with van der Waals surface area (Å²) in [6, 6.07) is 24.5. The van der Waals surface area contributed by atoms with Gasteiger partial charge in [0.2, 0.25) is 0 Å². The van der Waals surface area contributed by atoms with Gasteiger partial charge < -0.3 is 9.80 Å². The first-order chi connectivity index (χ1) is 22.7. The summed E-state index contributed by atoms with van der Waals surface area (Å²) in [5.74, 6) is 1.80. The summed E-state index contributed by atoms with van der Waals surface area (Å²) in [6.07, 6.45) is -3.74. The van der Waals surface area contributed by atoms with Crippen molar-refractivity contribution >= 4 is 34.6 Å². The van der Waals surface area contributed by atoms with E-state index in [4.69, 9.17) is 21.6 Å². The van der Waals surface area contributed by atoms with Crippen molar-refractivity contribution < 1.29 is 13.2 Å². The molecule has 1 heterocycles. The van der Waals surface area contributed by atoms with E-state index in [0.717, 1.165) is 41.2 Å². The molecule has 0 spiro atoms. The Balaban J connectivity index is 1.68. The van der Waals surface area contributed by atoms with Gasteiger partial charge in [0.25, 0.3) is 0 Å². The summed E-state index contributed by atoms with van der Waals surface area (Å²) in [5.41, 5.74) is 6.89. The van der Waals surface area contributed by atoms with Crippen LogP contribution in [-0.4, -0.2) is 41.2 Å². The molecule has 0 aliphatic carbocycles. The lowest BCUT2D eigenvalue weighted by Gasteiger charge is -2.39. The lowest BCUT2D eigenvalue weighted by Crippen LogP contribution is -2.50. The minimum absolute atomic E-state index is 0.266. The van der Waals surface area contributed by atoms with E-state index in [0.29, 0.717) is 40.9 Å². The Kier molecular flexibility index (Phi) is 10.7. The zero-order valence-corrected chi connectivity index (χ0v) is 29.5. The molecule has 0 bridgehead atoms. The van der Waals surface area contributed by atoms with E-state index < -0.39 is 11.7 Å². The Hall–Kier alpha value is -4.10. The highest BCUT2D eigenvalue weighted by Gasteiger charge is 2.33. The molecule has 8 heteroatoms. The first kappa shape index (κ1) is 35.2. The van der Waals surface area contributed by atoms with Crippen molar-refractivity contribution in [3.63, 3.8) is 0 Å². The second-order valence-corrected chi connectivity index (χ2v) is 13.8. The third kappa shape index (κ3) is 7.95. The number of rotatable bonds is 6. The number of aliphatic imine (C=N–C) groups is 2. The Morgan fingerprint density at radius 3 is 1.81 bits per heavy atom. The summed E-state index contributed by atoms with van der Waals surface area (Å²) in [4.78, 5) is 14.8. The van der Waals surface area contributed by atoms with Crippen LogP contribution in [0.2, 0.25) is 5.02 Å². The van der Waals surface area contributed by atoms with Crippen LogP contribution in [0.4, 0.5) is 24.5 Å². The molecule has 4 aromatic rings. The Labute approximate surface area is 288 Å². The molecule has 4 nitrogen and oxygen atoms in total.